The van der Waals surface area contributed by atoms with E-state index in [1.165, 1.54) is 11.0 Å². The number of nitrogens with zero attached hydrogens (tertiary/aromatic N) is 4. The van der Waals surface area contributed by atoms with Crippen molar-refractivity contribution in [3.05, 3.63) is 59.2 Å². The molecule has 1 aliphatic heterocycles. The minimum atomic E-state index is -4.73. The number of hydrogen-bond acceptors (Lipinski definition) is 5. The van der Waals surface area contributed by atoms with Crippen molar-refractivity contribution in [1.29, 1.82) is 5.26 Å². The third-order valence-corrected chi connectivity index (χ3v) is 7.46. The maximum Gasteiger partial charge on any atom is 0.417 e. The molecule has 2 aromatic rings. The third kappa shape index (κ3) is 4.52. The standard InChI is InChI=1S/C26H27F3N4O2S/c1-31(2)22(34)6-3-5-17-7-10-19(11-8-17)33-24(36)32(23(35)25(33)13-4-14-25)20-12-9-18(16-30)21(15-20)26(27,28)29/h7-12,15,24,36H,3-6,13-14H2,1-2H3. The van der Waals surface area contributed by atoms with Crippen molar-refractivity contribution in [2.24, 2.45) is 0 Å². The van der Waals surface area contributed by atoms with E-state index in [2.05, 4.69) is 12.6 Å². The topological polar surface area (TPSA) is 67.7 Å². The lowest BCUT2D eigenvalue weighted by atomic mass is 9.75. The molecule has 10 heteroatoms. The Labute approximate surface area is 213 Å². The second kappa shape index (κ2) is 9.69. The number of thiol groups is 1. The minimum Gasteiger partial charge on any atom is -0.349 e. The van der Waals surface area contributed by atoms with Gasteiger partial charge in [-0.05, 0) is 68.0 Å². The van der Waals surface area contributed by atoms with Gasteiger partial charge in [0.15, 0.2) is 5.50 Å². The van der Waals surface area contributed by atoms with Crippen LogP contribution in [0, 0.1) is 11.3 Å². The first-order chi connectivity index (χ1) is 17.0. The van der Waals surface area contributed by atoms with Crippen molar-refractivity contribution >= 4 is 35.8 Å². The van der Waals surface area contributed by atoms with Crippen molar-refractivity contribution in [2.75, 3.05) is 23.9 Å². The summed E-state index contributed by atoms with van der Waals surface area (Å²) in [6, 6.07) is 12.6. The Hall–Kier alpha value is -3.19. The first kappa shape index (κ1) is 25.9. The van der Waals surface area contributed by atoms with Gasteiger partial charge < -0.3 is 9.80 Å². The number of carbonyl (C=O) groups excluding carboxylic acids is 2. The molecule has 0 N–H and O–H groups in total. The van der Waals surface area contributed by atoms with Crippen molar-refractivity contribution in [1.82, 2.24) is 4.90 Å². The summed E-state index contributed by atoms with van der Waals surface area (Å²) in [6.07, 6.45) is -0.840. The number of carbonyl (C=O) groups is 2. The predicted molar refractivity (Wildman–Crippen MR) is 134 cm³/mol. The van der Waals surface area contributed by atoms with Crippen molar-refractivity contribution < 1.29 is 22.8 Å². The fourth-order valence-corrected chi connectivity index (χ4v) is 5.46. The molecule has 1 atom stereocenters. The van der Waals surface area contributed by atoms with Gasteiger partial charge >= 0.3 is 6.18 Å². The number of aryl methyl sites for hydroxylation is 1. The number of benzene rings is 2. The van der Waals surface area contributed by atoms with Gasteiger partial charge in [-0.15, -0.1) is 12.6 Å². The first-order valence-electron chi connectivity index (χ1n) is 11.7. The van der Waals surface area contributed by atoms with Gasteiger partial charge in [0.1, 0.15) is 5.54 Å². The van der Waals surface area contributed by atoms with E-state index >= 15 is 0 Å². The van der Waals surface area contributed by atoms with Gasteiger partial charge in [-0.2, -0.15) is 18.4 Å². The molecule has 1 saturated carbocycles. The molecule has 190 valence electrons. The number of amides is 2. The molecule has 1 heterocycles. The number of anilines is 2. The highest BCUT2D eigenvalue weighted by Crippen LogP contribution is 2.50. The first-order valence-corrected chi connectivity index (χ1v) is 12.2. The van der Waals surface area contributed by atoms with Crippen molar-refractivity contribution in [2.45, 2.75) is 55.7 Å². The van der Waals surface area contributed by atoms with Gasteiger partial charge in [-0.25, -0.2) is 0 Å². The van der Waals surface area contributed by atoms with Crippen molar-refractivity contribution in [3.8, 4) is 6.07 Å². The monoisotopic (exact) mass is 516 g/mol. The average molecular weight is 517 g/mol. The fourth-order valence-electron chi connectivity index (χ4n) is 4.87. The zero-order chi connectivity index (χ0) is 26.3. The highest BCUT2D eigenvalue weighted by Gasteiger charge is 2.60. The fraction of sp³-hybridized carbons (Fsp3) is 0.423. The summed E-state index contributed by atoms with van der Waals surface area (Å²) >= 11 is 4.69. The van der Waals surface area contributed by atoms with Gasteiger partial charge in [0, 0.05) is 31.9 Å². The Kier molecular flexibility index (Phi) is 6.97. The number of alkyl halides is 3. The van der Waals surface area contributed by atoms with E-state index in [-0.39, 0.29) is 17.5 Å². The SMILES string of the molecule is CN(C)C(=O)CCCc1ccc(N2C(S)N(c3ccc(C#N)c(C(F)(F)F)c3)C(=O)C23CCC3)cc1. The Morgan fingerprint density at radius 1 is 1.17 bits per heavy atom. The highest BCUT2D eigenvalue weighted by molar-refractivity contribution is 7.81. The number of rotatable bonds is 6. The summed E-state index contributed by atoms with van der Waals surface area (Å²) < 4.78 is 40.7. The average Bonchev–Trinajstić information content (AvgIpc) is 3.05. The molecule has 2 aliphatic rings. The van der Waals surface area contributed by atoms with Crippen LogP contribution in [0.1, 0.15) is 48.8 Å². The van der Waals surface area contributed by atoms with Crippen LogP contribution >= 0.6 is 12.6 Å². The van der Waals surface area contributed by atoms with Crippen LogP contribution in [0.5, 0.6) is 0 Å². The van der Waals surface area contributed by atoms with Crippen LogP contribution in [0.3, 0.4) is 0 Å². The third-order valence-electron chi connectivity index (χ3n) is 7.00. The van der Waals surface area contributed by atoms with E-state index in [1.54, 1.807) is 25.1 Å². The lowest BCUT2D eigenvalue weighted by molar-refractivity contribution is -0.137. The summed E-state index contributed by atoms with van der Waals surface area (Å²) in [6.45, 7) is 0. The van der Waals surface area contributed by atoms with Crippen LogP contribution in [0.2, 0.25) is 0 Å². The van der Waals surface area contributed by atoms with E-state index in [4.69, 9.17) is 5.26 Å². The molecule has 6 nitrogen and oxygen atoms in total. The zero-order valence-electron chi connectivity index (χ0n) is 20.0. The smallest absolute Gasteiger partial charge is 0.349 e. The molecule has 2 aromatic carbocycles. The molecule has 1 saturated heterocycles. The summed E-state index contributed by atoms with van der Waals surface area (Å²) in [5, 5.41) is 9.12. The van der Waals surface area contributed by atoms with Gasteiger partial charge in [0.25, 0.3) is 5.91 Å². The molecule has 2 amide bonds. The van der Waals surface area contributed by atoms with Crippen LogP contribution in [-0.2, 0) is 22.2 Å². The van der Waals surface area contributed by atoms with E-state index in [0.717, 1.165) is 36.2 Å². The highest BCUT2D eigenvalue weighted by atomic mass is 32.1. The van der Waals surface area contributed by atoms with E-state index in [1.807, 2.05) is 29.2 Å². The number of hydrogen-bond donors (Lipinski definition) is 1. The number of halogens is 3. The normalized spacial score (nSPS) is 18.8. The summed E-state index contributed by atoms with van der Waals surface area (Å²) in [7, 11) is 3.45. The van der Waals surface area contributed by atoms with Crippen LogP contribution in [-0.4, -0.2) is 41.8 Å². The van der Waals surface area contributed by atoms with E-state index < -0.39 is 28.3 Å². The molecule has 1 unspecified atom stereocenters. The molecule has 0 radical (unpaired) electrons. The van der Waals surface area contributed by atoms with Gasteiger partial charge in [-0.3, -0.25) is 14.5 Å². The van der Waals surface area contributed by atoms with Gasteiger partial charge in [-0.1, -0.05) is 12.1 Å². The van der Waals surface area contributed by atoms with Crippen LogP contribution in [0.4, 0.5) is 24.5 Å². The zero-order valence-corrected chi connectivity index (χ0v) is 20.9. The second-order valence-electron chi connectivity index (χ2n) is 9.42. The largest absolute Gasteiger partial charge is 0.417 e. The quantitative estimate of drug-likeness (QED) is 0.550. The van der Waals surface area contributed by atoms with Crippen LogP contribution in [0.15, 0.2) is 42.5 Å². The Balaban J connectivity index is 1.60. The molecule has 1 aliphatic carbocycles. The molecular weight excluding hydrogens is 489 g/mol. The van der Waals surface area contributed by atoms with Crippen molar-refractivity contribution in [3.63, 3.8) is 0 Å². The molecule has 0 bridgehead atoms. The van der Waals surface area contributed by atoms with Gasteiger partial charge in [0.05, 0.1) is 17.2 Å². The number of nitriles is 1. The lowest BCUT2D eigenvalue weighted by Gasteiger charge is -2.44. The molecule has 2 fully saturated rings. The Morgan fingerprint density at radius 2 is 1.81 bits per heavy atom. The molecule has 36 heavy (non-hydrogen) atoms. The maximum absolute atomic E-state index is 13.6. The second-order valence-corrected chi connectivity index (χ2v) is 9.89. The molecular formula is C26H27F3N4O2S. The van der Waals surface area contributed by atoms with E-state index in [9.17, 15) is 22.8 Å². The predicted octanol–water partition coefficient (Wildman–Crippen LogP) is 4.98. The lowest BCUT2D eigenvalue weighted by Crippen LogP contribution is -2.55. The summed E-state index contributed by atoms with van der Waals surface area (Å²) in [5.74, 6) is -0.221. The maximum atomic E-state index is 13.6. The Bertz CT molecular complexity index is 1200. The molecule has 1 spiro atoms. The van der Waals surface area contributed by atoms with Crippen LogP contribution < -0.4 is 9.80 Å². The summed E-state index contributed by atoms with van der Waals surface area (Å²) in [5.41, 5.74) is -1.38. The summed E-state index contributed by atoms with van der Waals surface area (Å²) in [4.78, 5) is 30.1. The van der Waals surface area contributed by atoms with Crippen LogP contribution in [0.25, 0.3) is 0 Å². The Morgan fingerprint density at radius 3 is 2.33 bits per heavy atom. The molecule has 0 aromatic heterocycles. The van der Waals surface area contributed by atoms with E-state index in [0.29, 0.717) is 25.7 Å². The minimum absolute atomic E-state index is 0.0577. The van der Waals surface area contributed by atoms with Gasteiger partial charge in [0.2, 0.25) is 5.91 Å². The molecule has 4 rings (SSSR count).